The van der Waals surface area contributed by atoms with Crippen molar-refractivity contribution >= 4 is 29.9 Å². The lowest BCUT2D eigenvalue weighted by atomic mass is 9.65. The summed E-state index contributed by atoms with van der Waals surface area (Å²) < 4.78 is 0. The number of carbonyl (C=O) groups excluding carboxylic acids is 2. The molecule has 0 heterocycles. The molecule has 1 aromatic carbocycles. The van der Waals surface area contributed by atoms with Crippen molar-refractivity contribution in [2.45, 2.75) is 58.0 Å². The van der Waals surface area contributed by atoms with Gasteiger partial charge in [-0.15, -0.1) is 12.4 Å². The van der Waals surface area contributed by atoms with E-state index in [2.05, 4.69) is 10.6 Å². The van der Waals surface area contributed by atoms with Gasteiger partial charge in [-0.1, -0.05) is 18.6 Å². The maximum absolute atomic E-state index is 12.8. The van der Waals surface area contributed by atoms with Gasteiger partial charge in [0.25, 0.3) is 0 Å². The Hall–Kier alpha value is -1.59. The second-order valence-electron chi connectivity index (χ2n) is 7.73. The third-order valence-corrected chi connectivity index (χ3v) is 5.85. The lowest BCUT2D eigenvalue weighted by Gasteiger charge is -2.43. The summed E-state index contributed by atoms with van der Waals surface area (Å²) in [6.45, 7) is 3.47. The Morgan fingerprint density at radius 2 is 1.85 bits per heavy atom. The van der Waals surface area contributed by atoms with Crippen LogP contribution in [0.1, 0.15) is 57.6 Å². The third-order valence-electron chi connectivity index (χ3n) is 5.85. The van der Waals surface area contributed by atoms with Crippen molar-refractivity contribution in [1.29, 1.82) is 0 Å². The van der Waals surface area contributed by atoms with Crippen molar-refractivity contribution in [1.82, 2.24) is 5.32 Å². The summed E-state index contributed by atoms with van der Waals surface area (Å²) in [5.41, 5.74) is 8.08. The van der Waals surface area contributed by atoms with Crippen molar-refractivity contribution in [2.75, 3.05) is 5.32 Å². The number of nitrogens with one attached hydrogen (secondary N) is 2. The standard InChI is InChI=1S/C20H29N3O2.ClH/c1-12(14-5-4-8-18(11-14)23-13(2)24)22-20(25)17-9-15-6-3-7-16(10-17)19(15)21;/h4-5,8,11-12,15-17,19H,3,6-7,9-10,21H2,1-2H3,(H,22,25)(H,23,24);1H. The molecule has 6 heteroatoms. The van der Waals surface area contributed by atoms with Crippen LogP contribution < -0.4 is 16.4 Å². The molecule has 0 spiro atoms. The van der Waals surface area contributed by atoms with Crippen LogP contribution in [-0.4, -0.2) is 17.9 Å². The lowest BCUT2D eigenvalue weighted by Crippen LogP contribution is -2.49. The predicted octanol–water partition coefficient (Wildman–Crippen LogP) is 3.40. The maximum atomic E-state index is 12.8. The van der Waals surface area contributed by atoms with Crippen LogP contribution in [0.25, 0.3) is 0 Å². The average Bonchev–Trinajstić information content (AvgIpc) is 2.54. The van der Waals surface area contributed by atoms with Gasteiger partial charge in [-0.05, 0) is 62.1 Å². The minimum Gasteiger partial charge on any atom is -0.349 e. The maximum Gasteiger partial charge on any atom is 0.223 e. The molecular formula is C20H30ClN3O2. The molecule has 4 N–H and O–H groups in total. The second kappa shape index (κ2) is 8.87. The number of hydrogen-bond donors (Lipinski definition) is 3. The fourth-order valence-corrected chi connectivity index (χ4v) is 4.51. The first-order valence-electron chi connectivity index (χ1n) is 9.37. The number of anilines is 1. The molecule has 0 radical (unpaired) electrons. The van der Waals surface area contributed by atoms with Gasteiger partial charge in [0, 0.05) is 24.6 Å². The van der Waals surface area contributed by atoms with Gasteiger partial charge < -0.3 is 16.4 Å². The average molecular weight is 380 g/mol. The number of amides is 2. The fourth-order valence-electron chi connectivity index (χ4n) is 4.51. The van der Waals surface area contributed by atoms with E-state index < -0.39 is 0 Å². The molecule has 2 aliphatic rings. The number of nitrogens with two attached hydrogens (primary N) is 1. The zero-order chi connectivity index (χ0) is 18.0. The summed E-state index contributed by atoms with van der Waals surface area (Å²) in [4.78, 5) is 24.0. The van der Waals surface area contributed by atoms with Crippen LogP contribution >= 0.6 is 12.4 Å². The monoisotopic (exact) mass is 379 g/mol. The molecule has 144 valence electrons. The first-order valence-corrected chi connectivity index (χ1v) is 9.37. The summed E-state index contributed by atoms with van der Waals surface area (Å²) >= 11 is 0. The quantitative estimate of drug-likeness (QED) is 0.749. The summed E-state index contributed by atoms with van der Waals surface area (Å²) in [7, 11) is 0. The van der Waals surface area contributed by atoms with Crippen LogP contribution in [0.5, 0.6) is 0 Å². The highest BCUT2D eigenvalue weighted by Gasteiger charge is 2.40. The van der Waals surface area contributed by atoms with E-state index in [9.17, 15) is 9.59 Å². The van der Waals surface area contributed by atoms with Crippen molar-refractivity contribution in [2.24, 2.45) is 23.5 Å². The van der Waals surface area contributed by atoms with Gasteiger partial charge in [-0.25, -0.2) is 0 Å². The molecule has 0 aliphatic heterocycles. The van der Waals surface area contributed by atoms with Gasteiger partial charge in [0.1, 0.15) is 0 Å². The van der Waals surface area contributed by atoms with Gasteiger partial charge in [0.15, 0.2) is 0 Å². The highest BCUT2D eigenvalue weighted by molar-refractivity contribution is 5.88. The number of fused-ring (bicyclic) bond motifs is 2. The molecule has 26 heavy (non-hydrogen) atoms. The molecular weight excluding hydrogens is 350 g/mol. The Kier molecular flexibility index (Phi) is 7.07. The molecule has 2 aliphatic carbocycles. The van der Waals surface area contributed by atoms with Crippen LogP contribution in [0.15, 0.2) is 24.3 Å². The lowest BCUT2D eigenvalue weighted by molar-refractivity contribution is -0.128. The van der Waals surface area contributed by atoms with E-state index in [0.29, 0.717) is 11.8 Å². The van der Waals surface area contributed by atoms with Gasteiger partial charge in [-0.3, -0.25) is 9.59 Å². The van der Waals surface area contributed by atoms with Gasteiger partial charge in [-0.2, -0.15) is 0 Å². The number of halogens is 1. The Morgan fingerprint density at radius 3 is 2.46 bits per heavy atom. The minimum absolute atomic E-state index is 0. The molecule has 0 saturated heterocycles. The Labute approximate surface area is 161 Å². The van der Waals surface area contributed by atoms with Gasteiger partial charge >= 0.3 is 0 Å². The second-order valence-corrected chi connectivity index (χ2v) is 7.73. The molecule has 3 rings (SSSR count). The first-order chi connectivity index (χ1) is 11.9. The molecule has 2 amide bonds. The zero-order valence-corrected chi connectivity index (χ0v) is 16.4. The smallest absolute Gasteiger partial charge is 0.223 e. The van der Waals surface area contributed by atoms with Crippen LogP contribution in [0, 0.1) is 17.8 Å². The summed E-state index contributed by atoms with van der Waals surface area (Å²) in [6, 6.07) is 7.83. The molecule has 3 unspecified atom stereocenters. The summed E-state index contributed by atoms with van der Waals surface area (Å²) in [6.07, 6.45) is 5.42. The molecule has 0 aromatic heterocycles. The number of hydrogen-bond acceptors (Lipinski definition) is 3. The first kappa shape index (κ1) is 20.7. The van der Waals surface area contributed by atoms with Crippen molar-refractivity contribution < 1.29 is 9.59 Å². The van der Waals surface area contributed by atoms with Crippen molar-refractivity contribution in [3.63, 3.8) is 0 Å². The summed E-state index contributed by atoms with van der Waals surface area (Å²) in [5, 5.41) is 5.94. The highest BCUT2D eigenvalue weighted by Crippen LogP contribution is 2.42. The largest absolute Gasteiger partial charge is 0.349 e. The van der Waals surface area contributed by atoms with Crippen LogP contribution in [-0.2, 0) is 9.59 Å². The topological polar surface area (TPSA) is 84.2 Å². The van der Waals surface area contributed by atoms with E-state index in [-0.39, 0.29) is 42.2 Å². The molecule has 5 nitrogen and oxygen atoms in total. The van der Waals surface area contributed by atoms with E-state index in [4.69, 9.17) is 5.73 Å². The van der Waals surface area contributed by atoms with Gasteiger partial charge in [0.05, 0.1) is 6.04 Å². The highest BCUT2D eigenvalue weighted by atomic mass is 35.5. The summed E-state index contributed by atoms with van der Waals surface area (Å²) in [5.74, 6) is 1.12. The third kappa shape index (κ3) is 4.77. The molecule has 2 saturated carbocycles. The van der Waals surface area contributed by atoms with Crippen LogP contribution in [0.4, 0.5) is 5.69 Å². The Balaban J connectivity index is 0.00000243. The SMILES string of the molecule is CC(=O)Nc1cccc(C(C)NC(=O)C2CC3CCCC(C2)C3N)c1.Cl. The van der Waals surface area contributed by atoms with Gasteiger partial charge in [0.2, 0.25) is 11.8 Å². The fraction of sp³-hybridized carbons (Fsp3) is 0.600. The molecule has 2 fully saturated rings. The Morgan fingerprint density at radius 1 is 1.19 bits per heavy atom. The number of benzene rings is 1. The number of carbonyl (C=O) groups is 2. The van der Waals surface area contributed by atoms with Crippen LogP contribution in [0.2, 0.25) is 0 Å². The molecule has 1 aromatic rings. The van der Waals surface area contributed by atoms with E-state index in [1.54, 1.807) is 0 Å². The van der Waals surface area contributed by atoms with E-state index in [1.165, 1.54) is 13.3 Å². The Bertz CT molecular complexity index is 638. The van der Waals surface area contributed by atoms with Crippen molar-refractivity contribution in [3.05, 3.63) is 29.8 Å². The number of rotatable bonds is 4. The minimum atomic E-state index is -0.0982. The zero-order valence-electron chi connectivity index (χ0n) is 15.5. The van der Waals surface area contributed by atoms with Crippen LogP contribution in [0.3, 0.4) is 0 Å². The van der Waals surface area contributed by atoms with E-state index in [0.717, 1.165) is 36.9 Å². The normalized spacial score (nSPS) is 28.4. The predicted molar refractivity (Wildman–Crippen MR) is 106 cm³/mol. The van der Waals surface area contributed by atoms with E-state index >= 15 is 0 Å². The van der Waals surface area contributed by atoms with E-state index in [1.807, 2.05) is 31.2 Å². The molecule has 2 bridgehead atoms. The van der Waals surface area contributed by atoms with Crippen molar-refractivity contribution in [3.8, 4) is 0 Å². The molecule has 3 atom stereocenters.